The monoisotopic (exact) mass is 272 g/mol. The minimum atomic E-state index is -0.280. The fourth-order valence-electron chi connectivity index (χ4n) is 2.42. The van der Waals surface area contributed by atoms with Gasteiger partial charge in [0.2, 0.25) is 0 Å². The molecule has 0 amide bonds. The summed E-state index contributed by atoms with van der Waals surface area (Å²) in [5, 5.41) is 0. The number of benzene rings is 2. The third-order valence-corrected chi connectivity index (χ3v) is 3.65. The molecule has 19 heavy (non-hydrogen) atoms. The molecule has 0 aliphatic carbocycles. The zero-order valence-corrected chi connectivity index (χ0v) is 11.1. The van der Waals surface area contributed by atoms with Gasteiger partial charge in [-0.3, -0.25) is 0 Å². The molecule has 4 heteroatoms. The molecule has 0 saturated heterocycles. The van der Waals surface area contributed by atoms with E-state index in [0.717, 1.165) is 13.1 Å². The highest BCUT2D eigenvalue weighted by molar-refractivity contribution is 7.80. The molecule has 96 valence electrons. The molecule has 3 rings (SSSR count). The van der Waals surface area contributed by atoms with Crippen LogP contribution in [0.25, 0.3) is 0 Å². The van der Waals surface area contributed by atoms with Gasteiger partial charge in [-0.2, -0.15) is 0 Å². The Labute approximate surface area is 116 Å². The average Bonchev–Trinajstić information content (AvgIpc) is 2.81. The third kappa shape index (κ3) is 2.19. The van der Waals surface area contributed by atoms with E-state index in [0.29, 0.717) is 11.3 Å². The number of nitrogens with two attached hydrogens (primary N) is 1. The Morgan fingerprint density at radius 1 is 1.11 bits per heavy atom. The van der Waals surface area contributed by atoms with Gasteiger partial charge >= 0.3 is 0 Å². The van der Waals surface area contributed by atoms with Crippen molar-refractivity contribution in [1.82, 2.24) is 0 Å². The maximum Gasteiger partial charge on any atom is 0.147 e. The van der Waals surface area contributed by atoms with Crippen molar-refractivity contribution in [1.29, 1.82) is 0 Å². The number of fused-ring (bicyclic) bond motifs is 1. The lowest BCUT2D eigenvalue weighted by molar-refractivity contribution is 0.619. The van der Waals surface area contributed by atoms with E-state index in [-0.39, 0.29) is 10.8 Å². The number of hydrogen-bond acceptors (Lipinski definition) is 2. The van der Waals surface area contributed by atoms with Crippen LogP contribution in [0.2, 0.25) is 0 Å². The van der Waals surface area contributed by atoms with Crippen LogP contribution in [0.3, 0.4) is 0 Å². The van der Waals surface area contributed by atoms with Crippen molar-refractivity contribution in [3.8, 4) is 0 Å². The first-order valence-corrected chi connectivity index (χ1v) is 6.47. The van der Waals surface area contributed by atoms with Crippen LogP contribution < -0.4 is 10.6 Å². The van der Waals surface area contributed by atoms with Crippen molar-refractivity contribution in [2.75, 3.05) is 4.90 Å². The minimum Gasteiger partial charge on any atom is -0.389 e. The lowest BCUT2D eigenvalue weighted by Gasteiger charge is -2.18. The molecule has 0 atom stereocenters. The molecular formula is C15H13FN2S. The summed E-state index contributed by atoms with van der Waals surface area (Å²) in [5.74, 6) is -0.280. The van der Waals surface area contributed by atoms with Gasteiger partial charge in [0.05, 0.1) is 5.69 Å². The summed E-state index contributed by atoms with van der Waals surface area (Å²) in [6, 6.07) is 13.1. The van der Waals surface area contributed by atoms with Crippen LogP contribution in [-0.2, 0) is 13.1 Å². The van der Waals surface area contributed by atoms with Gasteiger partial charge in [0.25, 0.3) is 0 Å². The molecule has 1 aliphatic rings. The summed E-state index contributed by atoms with van der Waals surface area (Å²) >= 11 is 4.85. The standard InChI is InChI=1S/C15H13FN2S/c16-13-7-10(15(17)19)5-6-14(13)18-8-11-3-1-2-4-12(11)9-18/h1-7H,8-9H2,(H2,17,19). The summed E-state index contributed by atoms with van der Waals surface area (Å²) in [6.45, 7) is 1.47. The maximum absolute atomic E-state index is 14.1. The Balaban J connectivity index is 1.91. The SMILES string of the molecule is NC(=S)c1ccc(N2Cc3ccccc3C2)c(F)c1. The molecule has 1 aliphatic heterocycles. The van der Waals surface area contributed by atoms with Gasteiger partial charge in [0, 0.05) is 18.7 Å². The third-order valence-electron chi connectivity index (χ3n) is 3.41. The molecule has 0 radical (unpaired) electrons. The Hall–Kier alpha value is -1.94. The van der Waals surface area contributed by atoms with Crippen LogP contribution in [0.1, 0.15) is 16.7 Å². The number of anilines is 1. The zero-order valence-electron chi connectivity index (χ0n) is 10.3. The Kier molecular flexibility index (Phi) is 2.95. The van der Waals surface area contributed by atoms with Gasteiger partial charge in [0.15, 0.2) is 0 Å². The summed E-state index contributed by atoms with van der Waals surface area (Å²) in [7, 11) is 0. The lowest BCUT2D eigenvalue weighted by atomic mass is 10.1. The van der Waals surface area contributed by atoms with E-state index in [1.54, 1.807) is 12.1 Å². The number of nitrogens with zero attached hydrogens (tertiary/aromatic N) is 1. The van der Waals surface area contributed by atoms with Gasteiger partial charge in [-0.25, -0.2) is 4.39 Å². The second kappa shape index (κ2) is 4.63. The van der Waals surface area contributed by atoms with Crippen molar-refractivity contribution in [3.63, 3.8) is 0 Å². The quantitative estimate of drug-likeness (QED) is 0.852. The number of rotatable bonds is 2. The van der Waals surface area contributed by atoms with E-state index in [1.165, 1.54) is 17.2 Å². The van der Waals surface area contributed by atoms with Crippen LogP contribution in [0, 0.1) is 5.82 Å². The molecular weight excluding hydrogens is 259 g/mol. The smallest absolute Gasteiger partial charge is 0.147 e. The van der Waals surface area contributed by atoms with Crippen molar-refractivity contribution < 1.29 is 4.39 Å². The van der Waals surface area contributed by atoms with E-state index in [1.807, 2.05) is 17.0 Å². The molecule has 0 aromatic heterocycles. The minimum absolute atomic E-state index is 0.218. The molecule has 2 aromatic carbocycles. The van der Waals surface area contributed by atoms with Crippen molar-refractivity contribution >= 4 is 22.9 Å². The summed E-state index contributed by atoms with van der Waals surface area (Å²) < 4.78 is 14.1. The molecule has 0 saturated carbocycles. The highest BCUT2D eigenvalue weighted by atomic mass is 32.1. The summed E-state index contributed by atoms with van der Waals surface area (Å²) in [4.78, 5) is 2.23. The Morgan fingerprint density at radius 3 is 2.26 bits per heavy atom. The van der Waals surface area contributed by atoms with Crippen molar-refractivity contribution in [3.05, 3.63) is 65.0 Å². The molecule has 0 spiro atoms. The average molecular weight is 272 g/mol. The number of halogens is 1. The van der Waals surface area contributed by atoms with Gasteiger partial charge in [-0.15, -0.1) is 0 Å². The zero-order chi connectivity index (χ0) is 13.4. The topological polar surface area (TPSA) is 29.3 Å². The van der Waals surface area contributed by atoms with Gasteiger partial charge in [0.1, 0.15) is 10.8 Å². The number of hydrogen-bond donors (Lipinski definition) is 1. The lowest BCUT2D eigenvalue weighted by Crippen LogP contribution is -2.17. The molecule has 2 N–H and O–H groups in total. The highest BCUT2D eigenvalue weighted by Gasteiger charge is 2.21. The predicted molar refractivity (Wildman–Crippen MR) is 78.6 cm³/mol. The molecule has 1 heterocycles. The fraction of sp³-hybridized carbons (Fsp3) is 0.133. The molecule has 0 bridgehead atoms. The Morgan fingerprint density at radius 2 is 1.74 bits per heavy atom. The molecule has 2 aromatic rings. The fourth-order valence-corrected chi connectivity index (χ4v) is 2.55. The maximum atomic E-state index is 14.1. The first kappa shape index (κ1) is 12.1. The van der Waals surface area contributed by atoms with Gasteiger partial charge < -0.3 is 10.6 Å². The van der Waals surface area contributed by atoms with E-state index in [4.69, 9.17) is 18.0 Å². The van der Waals surface area contributed by atoms with E-state index in [9.17, 15) is 4.39 Å². The van der Waals surface area contributed by atoms with Crippen LogP contribution in [0.4, 0.5) is 10.1 Å². The van der Waals surface area contributed by atoms with Crippen LogP contribution in [-0.4, -0.2) is 4.99 Å². The van der Waals surface area contributed by atoms with Crippen LogP contribution >= 0.6 is 12.2 Å². The van der Waals surface area contributed by atoms with E-state index in [2.05, 4.69) is 12.1 Å². The Bertz CT molecular complexity index is 629. The van der Waals surface area contributed by atoms with Crippen LogP contribution in [0.15, 0.2) is 42.5 Å². The summed E-state index contributed by atoms with van der Waals surface area (Å²) in [5.41, 5.74) is 9.16. The first-order chi connectivity index (χ1) is 9.15. The van der Waals surface area contributed by atoms with Gasteiger partial charge in [-0.05, 0) is 29.3 Å². The highest BCUT2D eigenvalue weighted by Crippen LogP contribution is 2.30. The molecule has 0 unspecified atom stereocenters. The van der Waals surface area contributed by atoms with E-state index >= 15 is 0 Å². The second-order valence-electron chi connectivity index (χ2n) is 4.66. The van der Waals surface area contributed by atoms with E-state index < -0.39 is 0 Å². The normalized spacial score (nSPS) is 13.4. The predicted octanol–water partition coefficient (Wildman–Crippen LogP) is 2.98. The molecule has 0 fully saturated rings. The molecule has 2 nitrogen and oxygen atoms in total. The van der Waals surface area contributed by atoms with Gasteiger partial charge in [-0.1, -0.05) is 36.5 Å². The second-order valence-corrected chi connectivity index (χ2v) is 5.10. The first-order valence-electron chi connectivity index (χ1n) is 6.06. The van der Waals surface area contributed by atoms with Crippen LogP contribution in [0.5, 0.6) is 0 Å². The number of thiocarbonyl (C=S) groups is 1. The largest absolute Gasteiger partial charge is 0.389 e. The van der Waals surface area contributed by atoms with Crippen molar-refractivity contribution in [2.45, 2.75) is 13.1 Å². The van der Waals surface area contributed by atoms with Crippen molar-refractivity contribution in [2.24, 2.45) is 5.73 Å². The summed E-state index contributed by atoms with van der Waals surface area (Å²) in [6.07, 6.45) is 0.